The normalized spacial score (nSPS) is 10.8. The van der Waals surface area contributed by atoms with Gasteiger partial charge in [-0.25, -0.2) is 4.99 Å². The van der Waals surface area contributed by atoms with Crippen LogP contribution in [0.4, 0.5) is 5.88 Å². The highest BCUT2D eigenvalue weighted by Crippen LogP contribution is 2.27. The Kier molecular flexibility index (Phi) is 3.63. The van der Waals surface area contributed by atoms with Gasteiger partial charge in [-0.1, -0.05) is 28.1 Å². The Bertz CT molecular complexity index is 633. The molecule has 0 atom stereocenters. The number of aliphatic imine (C=N–C) groups is 1. The average Bonchev–Trinajstić information content (AvgIpc) is 2.64. The molecule has 0 N–H and O–H groups in total. The number of hydrogen-bond acceptors (Lipinski definition) is 3. The first-order chi connectivity index (χ1) is 8.61. The molecule has 0 bridgehead atoms. The van der Waals surface area contributed by atoms with Crippen LogP contribution in [0.1, 0.15) is 22.5 Å². The second kappa shape index (κ2) is 5.19. The van der Waals surface area contributed by atoms with Gasteiger partial charge in [0.2, 0.25) is 5.88 Å². The number of nitriles is 1. The Hall–Kier alpha value is -1.86. The van der Waals surface area contributed by atoms with Crippen LogP contribution in [0.25, 0.3) is 0 Å². The third kappa shape index (κ3) is 2.52. The minimum absolute atomic E-state index is 0.371. The molecular weight excluding hydrogens is 292 g/mol. The molecule has 3 nitrogen and oxygen atoms in total. The maximum atomic E-state index is 9.06. The molecule has 90 valence electrons. The van der Waals surface area contributed by atoms with Crippen molar-refractivity contribution in [3.8, 4) is 6.07 Å². The van der Waals surface area contributed by atoms with E-state index in [1.54, 1.807) is 6.21 Å². The first-order valence-electron chi connectivity index (χ1n) is 5.41. The van der Waals surface area contributed by atoms with E-state index in [1.165, 1.54) is 0 Å². The fraction of sp³-hybridized carbons (Fsp3) is 0.143. The van der Waals surface area contributed by atoms with Crippen molar-refractivity contribution in [2.75, 3.05) is 0 Å². The third-order valence-electron chi connectivity index (χ3n) is 2.68. The summed E-state index contributed by atoms with van der Waals surface area (Å²) in [7, 11) is 0. The first kappa shape index (κ1) is 12.6. The Labute approximate surface area is 114 Å². The standard InChI is InChI=1S/C14H11BrN2O/c1-9-10(2)18-14(13(9)7-16)17-8-11-3-5-12(15)6-4-11/h3-6,8H,1-2H3. The average molecular weight is 303 g/mol. The molecule has 0 unspecified atom stereocenters. The Balaban J connectivity index is 2.32. The summed E-state index contributed by atoms with van der Waals surface area (Å²) in [5.41, 5.74) is 2.30. The van der Waals surface area contributed by atoms with Crippen molar-refractivity contribution in [1.82, 2.24) is 0 Å². The van der Waals surface area contributed by atoms with Gasteiger partial charge in [0.1, 0.15) is 17.4 Å². The van der Waals surface area contributed by atoms with Gasteiger partial charge in [-0.3, -0.25) is 0 Å². The molecule has 2 aromatic rings. The number of benzene rings is 1. The molecule has 1 aromatic heterocycles. The van der Waals surface area contributed by atoms with Gasteiger partial charge in [0.05, 0.1) is 0 Å². The maximum absolute atomic E-state index is 9.06. The van der Waals surface area contributed by atoms with E-state index in [0.29, 0.717) is 11.4 Å². The van der Waals surface area contributed by atoms with E-state index in [0.717, 1.165) is 21.4 Å². The van der Waals surface area contributed by atoms with E-state index in [2.05, 4.69) is 27.0 Å². The van der Waals surface area contributed by atoms with E-state index in [4.69, 9.17) is 9.68 Å². The lowest BCUT2D eigenvalue weighted by molar-refractivity contribution is 0.542. The van der Waals surface area contributed by atoms with Crippen molar-refractivity contribution >= 4 is 28.0 Å². The molecule has 4 heteroatoms. The monoisotopic (exact) mass is 302 g/mol. The van der Waals surface area contributed by atoms with Gasteiger partial charge in [-0.15, -0.1) is 0 Å². The van der Waals surface area contributed by atoms with Gasteiger partial charge in [-0.05, 0) is 31.5 Å². The topological polar surface area (TPSA) is 49.3 Å². The van der Waals surface area contributed by atoms with Crippen LogP contribution < -0.4 is 0 Å². The molecule has 0 spiro atoms. The Morgan fingerprint density at radius 1 is 1.28 bits per heavy atom. The second-order valence-electron chi connectivity index (χ2n) is 3.88. The van der Waals surface area contributed by atoms with Crippen molar-refractivity contribution in [1.29, 1.82) is 5.26 Å². The molecule has 0 saturated carbocycles. The summed E-state index contributed by atoms with van der Waals surface area (Å²) in [4.78, 5) is 4.23. The van der Waals surface area contributed by atoms with E-state index >= 15 is 0 Å². The molecule has 0 radical (unpaired) electrons. The highest BCUT2D eigenvalue weighted by molar-refractivity contribution is 9.10. The quantitative estimate of drug-likeness (QED) is 0.777. The Morgan fingerprint density at radius 2 is 1.94 bits per heavy atom. The zero-order chi connectivity index (χ0) is 13.1. The molecule has 0 amide bonds. The molecule has 0 saturated heterocycles. The molecule has 2 rings (SSSR count). The van der Waals surface area contributed by atoms with Gasteiger partial charge >= 0.3 is 0 Å². The van der Waals surface area contributed by atoms with Crippen LogP contribution in [0, 0.1) is 25.2 Å². The zero-order valence-corrected chi connectivity index (χ0v) is 11.7. The summed E-state index contributed by atoms with van der Waals surface area (Å²) in [6, 6.07) is 9.85. The molecule has 18 heavy (non-hydrogen) atoms. The summed E-state index contributed by atoms with van der Waals surface area (Å²) in [5, 5.41) is 9.06. The highest BCUT2D eigenvalue weighted by Gasteiger charge is 2.12. The largest absolute Gasteiger partial charge is 0.442 e. The summed E-state index contributed by atoms with van der Waals surface area (Å²) in [6.07, 6.45) is 1.69. The third-order valence-corrected chi connectivity index (χ3v) is 3.21. The summed E-state index contributed by atoms with van der Waals surface area (Å²) < 4.78 is 6.47. The van der Waals surface area contributed by atoms with Crippen LogP contribution in [-0.2, 0) is 0 Å². The summed E-state index contributed by atoms with van der Waals surface area (Å²) >= 11 is 3.37. The molecule has 1 aromatic carbocycles. The lowest BCUT2D eigenvalue weighted by Crippen LogP contribution is -1.80. The predicted molar refractivity (Wildman–Crippen MR) is 74.3 cm³/mol. The van der Waals surface area contributed by atoms with Crippen molar-refractivity contribution in [2.24, 2.45) is 4.99 Å². The van der Waals surface area contributed by atoms with Crippen LogP contribution in [0.2, 0.25) is 0 Å². The van der Waals surface area contributed by atoms with Crippen LogP contribution in [0.5, 0.6) is 0 Å². The molecular formula is C14H11BrN2O. The SMILES string of the molecule is Cc1oc(N=Cc2ccc(Br)cc2)c(C#N)c1C. The van der Waals surface area contributed by atoms with Crippen molar-refractivity contribution in [3.05, 3.63) is 51.2 Å². The van der Waals surface area contributed by atoms with Gasteiger partial charge in [0, 0.05) is 16.3 Å². The number of aryl methyl sites for hydroxylation is 1. The summed E-state index contributed by atoms with van der Waals surface area (Å²) in [6.45, 7) is 3.69. The van der Waals surface area contributed by atoms with Crippen molar-refractivity contribution < 1.29 is 4.42 Å². The highest BCUT2D eigenvalue weighted by atomic mass is 79.9. The number of furan rings is 1. The minimum atomic E-state index is 0.371. The van der Waals surface area contributed by atoms with Crippen molar-refractivity contribution in [2.45, 2.75) is 13.8 Å². The molecule has 0 fully saturated rings. The molecule has 0 aliphatic heterocycles. The van der Waals surface area contributed by atoms with E-state index < -0.39 is 0 Å². The van der Waals surface area contributed by atoms with E-state index in [-0.39, 0.29) is 0 Å². The van der Waals surface area contributed by atoms with Gasteiger partial charge in [0.25, 0.3) is 0 Å². The first-order valence-corrected chi connectivity index (χ1v) is 6.21. The van der Waals surface area contributed by atoms with Crippen LogP contribution in [-0.4, -0.2) is 6.21 Å². The van der Waals surface area contributed by atoms with E-state index in [1.807, 2.05) is 38.1 Å². The van der Waals surface area contributed by atoms with Crippen molar-refractivity contribution in [3.63, 3.8) is 0 Å². The van der Waals surface area contributed by atoms with Crippen LogP contribution in [0.3, 0.4) is 0 Å². The van der Waals surface area contributed by atoms with Crippen LogP contribution >= 0.6 is 15.9 Å². The zero-order valence-electron chi connectivity index (χ0n) is 10.1. The minimum Gasteiger partial charge on any atom is -0.442 e. The fourth-order valence-electron chi connectivity index (χ4n) is 1.51. The molecule has 0 aliphatic rings. The van der Waals surface area contributed by atoms with Crippen LogP contribution in [0.15, 0.2) is 38.1 Å². The predicted octanol–water partition coefficient (Wildman–Crippen LogP) is 4.28. The lowest BCUT2D eigenvalue weighted by atomic mass is 10.2. The number of hydrogen-bond donors (Lipinski definition) is 0. The number of nitrogens with zero attached hydrogens (tertiary/aromatic N) is 2. The molecule has 1 heterocycles. The van der Waals surface area contributed by atoms with Gasteiger partial charge in [-0.2, -0.15) is 5.26 Å². The second-order valence-corrected chi connectivity index (χ2v) is 4.80. The lowest BCUT2D eigenvalue weighted by Gasteiger charge is -1.92. The maximum Gasteiger partial charge on any atom is 0.237 e. The summed E-state index contributed by atoms with van der Waals surface area (Å²) in [5.74, 6) is 1.10. The van der Waals surface area contributed by atoms with Gasteiger partial charge < -0.3 is 4.42 Å². The van der Waals surface area contributed by atoms with E-state index in [9.17, 15) is 0 Å². The van der Waals surface area contributed by atoms with Gasteiger partial charge in [0.15, 0.2) is 0 Å². The molecule has 0 aliphatic carbocycles. The fourth-order valence-corrected chi connectivity index (χ4v) is 1.78. The Morgan fingerprint density at radius 3 is 2.56 bits per heavy atom. The number of halogens is 1. The smallest absolute Gasteiger partial charge is 0.237 e. The number of rotatable bonds is 2.